The first kappa shape index (κ1) is 15.4. The molecule has 120 valence electrons. The Labute approximate surface area is 130 Å². The molecule has 3 atom stereocenters. The zero-order valence-electron chi connectivity index (χ0n) is 12.7. The number of nitrogens with zero attached hydrogens (tertiary/aromatic N) is 1. The molecule has 5 heteroatoms. The van der Waals surface area contributed by atoms with Crippen LogP contribution in [0.15, 0.2) is 24.3 Å². The number of benzene rings is 1. The monoisotopic (exact) mass is 306 g/mol. The van der Waals surface area contributed by atoms with E-state index in [0.717, 1.165) is 37.8 Å². The van der Waals surface area contributed by atoms with Crippen LogP contribution in [-0.2, 0) is 16.0 Å². The molecule has 1 unspecified atom stereocenters. The molecule has 2 aliphatic rings. The largest absolute Gasteiger partial charge is 0.364 e. The molecular formula is C17H23FN2O2. The van der Waals surface area contributed by atoms with Crippen LogP contribution >= 0.6 is 0 Å². The summed E-state index contributed by atoms with van der Waals surface area (Å²) in [6.45, 7) is 1.24. The number of carbonyl (C=O) groups is 1. The average Bonchev–Trinajstić information content (AvgIpc) is 3.15. The number of hydrogen-bond acceptors (Lipinski definition) is 3. The van der Waals surface area contributed by atoms with Crippen molar-refractivity contribution in [3.8, 4) is 0 Å². The van der Waals surface area contributed by atoms with Crippen LogP contribution < -0.4 is 5.73 Å². The number of ether oxygens (including phenoxy) is 1. The van der Waals surface area contributed by atoms with Crippen molar-refractivity contribution in [1.82, 2.24) is 4.90 Å². The topological polar surface area (TPSA) is 55.6 Å². The fraction of sp³-hybridized carbons (Fsp3) is 0.588. The van der Waals surface area contributed by atoms with Crippen LogP contribution in [0.5, 0.6) is 0 Å². The quantitative estimate of drug-likeness (QED) is 0.924. The molecule has 4 nitrogen and oxygen atoms in total. The van der Waals surface area contributed by atoms with Gasteiger partial charge < -0.3 is 15.4 Å². The predicted octanol–water partition coefficient (Wildman–Crippen LogP) is 1.87. The van der Waals surface area contributed by atoms with Crippen molar-refractivity contribution in [2.24, 2.45) is 5.73 Å². The minimum Gasteiger partial charge on any atom is -0.364 e. The zero-order chi connectivity index (χ0) is 15.5. The van der Waals surface area contributed by atoms with Crippen molar-refractivity contribution in [2.45, 2.75) is 50.4 Å². The van der Waals surface area contributed by atoms with Gasteiger partial charge in [0.05, 0.1) is 6.10 Å². The molecule has 0 saturated carbocycles. The standard InChI is InChI=1S/C17H23FN2O2/c18-13-4-1-3-12(9-13)10-14-5-2-8-20(14)17(21)16-7-6-15(11-19)22-16/h1,3-4,9,14-16H,2,5-8,10-11,19H2/t14?,15-,16+/m1/s1. The molecule has 22 heavy (non-hydrogen) atoms. The Morgan fingerprint density at radius 2 is 2.23 bits per heavy atom. The maximum absolute atomic E-state index is 13.3. The van der Waals surface area contributed by atoms with Gasteiger partial charge in [-0.25, -0.2) is 4.39 Å². The maximum Gasteiger partial charge on any atom is 0.251 e. The Morgan fingerprint density at radius 1 is 1.36 bits per heavy atom. The van der Waals surface area contributed by atoms with Crippen LogP contribution in [0.3, 0.4) is 0 Å². The summed E-state index contributed by atoms with van der Waals surface area (Å²) in [5.74, 6) is -0.145. The third kappa shape index (κ3) is 3.31. The Hall–Kier alpha value is -1.46. The Morgan fingerprint density at radius 3 is 2.95 bits per heavy atom. The summed E-state index contributed by atoms with van der Waals surface area (Å²) in [5.41, 5.74) is 6.55. The van der Waals surface area contributed by atoms with Gasteiger partial charge >= 0.3 is 0 Å². The molecule has 0 aromatic heterocycles. The van der Waals surface area contributed by atoms with E-state index >= 15 is 0 Å². The summed E-state index contributed by atoms with van der Waals surface area (Å²) in [7, 11) is 0. The molecule has 0 radical (unpaired) electrons. The van der Waals surface area contributed by atoms with E-state index in [2.05, 4.69) is 0 Å². The van der Waals surface area contributed by atoms with Crippen LogP contribution in [0.4, 0.5) is 4.39 Å². The molecular weight excluding hydrogens is 283 g/mol. The van der Waals surface area contributed by atoms with Crippen molar-refractivity contribution in [1.29, 1.82) is 0 Å². The smallest absolute Gasteiger partial charge is 0.251 e. The molecule has 2 N–H and O–H groups in total. The lowest BCUT2D eigenvalue weighted by molar-refractivity contribution is -0.143. The summed E-state index contributed by atoms with van der Waals surface area (Å²) in [6.07, 6.45) is 3.95. The van der Waals surface area contributed by atoms with Gasteiger partial charge in [0.2, 0.25) is 0 Å². The molecule has 2 aliphatic heterocycles. The minimum atomic E-state index is -0.346. The number of likely N-dealkylation sites (tertiary alicyclic amines) is 1. The fourth-order valence-electron chi connectivity index (χ4n) is 3.52. The number of carbonyl (C=O) groups excluding carboxylic acids is 1. The molecule has 2 fully saturated rings. The first-order valence-electron chi connectivity index (χ1n) is 8.08. The number of rotatable bonds is 4. The molecule has 1 aromatic rings. The third-order valence-electron chi connectivity index (χ3n) is 4.67. The van der Waals surface area contributed by atoms with Crippen molar-refractivity contribution in [2.75, 3.05) is 13.1 Å². The van der Waals surface area contributed by atoms with Gasteiger partial charge in [0.25, 0.3) is 5.91 Å². The highest BCUT2D eigenvalue weighted by Gasteiger charge is 2.37. The van der Waals surface area contributed by atoms with Gasteiger partial charge in [0.1, 0.15) is 11.9 Å². The molecule has 1 aromatic carbocycles. The van der Waals surface area contributed by atoms with E-state index in [9.17, 15) is 9.18 Å². The predicted molar refractivity (Wildman–Crippen MR) is 81.8 cm³/mol. The summed E-state index contributed by atoms with van der Waals surface area (Å²) in [6, 6.07) is 6.78. The van der Waals surface area contributed by atoms with Crippen molar-refractivity contribution in [3.05, 3.63) is 35.6 Å². The normalized spacial score (nSPS) is 28.3. The van der Waals surface area contributed by atoms with Crippen LogP contribution in [0.2, 0.25) is 0 Å². The Balaban J connectivity index is 1.64. The van der Waals surface area contributed by atoms with Gasteiger partial charge in [-0.2, -0.15) is 0 Å². The second-order valence-electron chi connectivity index (χ2n) is 6.22. The Kier molecular flexibility index (Phi) is 4.74. The SMILES string of the molecule is NC[C@H]1CC[C@@H](C(=O)N2CCCC2Cc2cccc(F)c2)O1. The van der Waals surface area contributed by atoms with Crippen LogP contribution in [0.25, 0.3) is 0 Å². The molecule has 2 heterocycles. The minimum absolute atomic E-state index is 0.0122. The second-order valence-corrected chi connectivity index (χ2v) is 6.22. The van der Waals surface area contributed by atoms with Crippen molar-refractivity contribution in [3.63, 3.8) is 0 Å². The van der Waals surface area contributed by atoms with E-state index in [1.165, 1.54) is 6.07 Å². The molecule has 0 aliphatic carbocycles. The Bertz CT molecular complexity index is 537. The molecule has 2 saturated heterocycles. The van der Waals surface area contributed by atoms with E-state index in [-0.39, 0.29) is 30.0 Å². The second kappa shape index (κ2) is 6.75. The first-order chi connectivity index (χ1) is 10.7. The van der Waals surface area contributed by atoms with Gasteiger partial charge in [-0.1, -0.05) is 12.1 Å². The van der Waals surface area contributed by atoms with E-state index in [0.29, 0.717) is 13.0 Å². The molecule has 0 spiro atoms. The lowest BCUT2D eigenvalue weighted by atomic mass is 10.0. The molecule has 3 rings (SSSR count). The third-order valence-corrected chi connectivity index (χ3v) is 4.67. The van der Waals surface area contributed by atoms with Gasteiger partial charge in [-0.3, -0.25) is 4.79 Å². The zero-order valence-corrected chi connectivity index (χ0v) is 12.7. The number of nitrogens with two attached hydrogens (primary N) is 1. The highest BCUT2D eigenvalue weighted by molar-refractivity contribution is 5.81. The van der Waals surface area contributed by atoms with E-state index in [1.54, 1.807) is 12.1 Å². The van der Waals surface area contributed by atoms with Gasteiger partial charge in [-0.05, 0) is 49.8 Å². The van der Waals surface area contributed by atoms with Crippen molar-refractivity contribution >= 4 is 5.91 Å². The highest BCUT2D eigenvalue weighted by Crippen LogP contribution is 2.27. The van der Waals surface area contributed by atoms with Crippen LogP contribution in [0, 0.1) is 5.82 Å². The maximum atomic E-state index is 13.3. The van der Waals surface area contributed by atoms with E-state index in [1.807, 2.05) is 11.0 Å². The average molecular weight is 306 g/mol. The van der Waals surface area contributed by atoms with Crippen LogP contribution in [0.1, 0.15) is 31.2 Å². The molecule has 0 bridgehead atoms. The van der Waals surface area contributed by atoms with Gasteiger partial charge in [0, 0.05) is 19.1 Å². The highest BCUT2D eigenvalue weighted by atomic mass is 19.1. The summed E-state index contributed by atoms with van der Waals surface area (Å²) < 4.78 is 19.0. The lowest BCUT2D eigenvalue weighted by Gasteiger charge is -2.27. The van der Waals surface area contributed by atoms with E-state index < -0.39 is 0 Å². The van der Waals surface area contributed by atoms with Gasteiger partial charge in [-0.15, -0.1) is 0 Å². The fourth-order valence-corrected chi connectivity index (χ4v) is 3.52. The first-order valence-corrected chi connectivity index (χ1v) is 8.08. The number of amides is 1. The van der Waals surface area contributed by atoms with Crippen LogP contribution in [-0.4, -0.2) is 42.1 Å². The van der Waals surface area contributed by atoms with Crippen molar-refractivity contribution < 1.29 is 13.9 Å². The number of hydrogen-bond donors (Lipinski definition) is 1. The van der Waals surface area contributed by atoms with Gasteiger partial charge in [0.15, 0.2) is 0 Å². The summed E-state index contributed by atoms with van der Waals surface area (Å²) in [5, 5.41) is 0. The molecule has 1 amide bonds. The summed E-state index contributed by atoms with van der Waals surface area (Å²) >= 11 is 0. The number of halogens is 1. The lowest BCUT2D eigenvalue weighted by Crippen LogP contribution is -2.43. The van der Waals surface area contributed by atoms with E-state index in [4.69, 9.17) is 10.5 Å². The summed E-state index contributed by atoms with van der Waals surface area (Å²) in [4.78, 5) is 14.6.